The van der Waals surface area contributed by atoms with Crippen LogP contribution in [-0.2, 0) is 19.0 Å². The monoisotopic (exact) mass is 295 g/mol. The lowest BCUT2D eigenvalue weighted by atomic mass is 9.83. The quantitative estimate of drug-likeness (QED) is 0.337. The molecule has 0 spiro atoms. The van der Waals surface area contributed by atoms with Gasteiger partial charge in [-0.1, -0.05) is 5.11 Å². The molecule has 1 aliphatic carbocycles. The Bertz CT molecular complexity index is 471. The summed E-state index contributed by atoms with van der Waals surface area (Å²) in [5.41, 5.74) is 9.07. The van der Waals surface area contributed by atoms with Crippen molar-refractivity contribution in [1.82, 2.24) is 0 Å². The molecular formula is C14H21N3O4. The Hall–Kier alpha value is -1.72. The lowest BCUT2D eigenvalue weighted by Gasteiger charge is -2.36. The number of ether oxygens (including phenoxy) is 3. The Morgan fingerprint density at radius 3 is 2.95 bits per heavy atom. The zero-order chi connectivity index (χ0) is 15.4. The second-order valence-electron chi connectivity index (χ2n) is 5.69. The Balaban J connectivity index is 2.23. The summed E-state index contributed by atoms with van der Waals surface area (Å²) in [5, 5.41) is 3.68. The van der Waals surface area contributed by atoms with Gasteiger partial charge in [0, 0.05) is 23.3 Å². The van der Waals surface area contributed by atoms with Gasteiger partial charge in [-0.15, -0.1) is 0 Å². The highest BCUT2D eigenvalue weighted by molar-refractivity contribution is 5.89. The smallest absolute Gasteiger partial charge is 0.337 e. The molecule has 0 aromatic rings. The van der Waals surface area contributed by atoms with Crippen LogP contribution in [0.15, 0.2) is 16.9 Å². The number of hydrogen-bond donors (Lipinski definition) is 0. The molecule has 0 aromatic heterocycles. The molecule has 1 saturated carbocycles. The van der Waals surface area contributed by atoms with Crippen LogP contribution in [0, 0.1) is 17.8 Å². The van der Waals surface area contributed by atoms with Gasteiger partial charge in [-0.05, 0) is 38.1 Å². The highest BCUT2D eigenvalue weighted by Gasteiger charge is 2.48. The highest BCUT2D eigenvalue weighted by Crippen LogP contribution is 2.47. The maximum Gasteiger partial charge on any atom is 0.337 e. The first-order chi connectivity index (χ1) is 10.1. The van der Waals surface area contributed by atoms with Crippen molar-refractivity contribution in [3.05, 3.63) is 22.3 Å². The maximum absolute atomic E-state index is 11.9. The third kappa shape index (κ3) is 3.31. The van der Waals surface area contributed by atoms with Crippen LogP contribution in [0.1, 0.15) is 26.7 Å². The highest BCUT2D eigenvalue weighted by atomic mass is 16.7. The van der Waals surface area contributed by atoms with E-state index in [1.165, 1.54) is 13.4 Å². The minimum absolute atomic E-state index is 0.0111. The molecule has 0 aromatic carbocycles. The van der Waals surface area contributed by atoms with Crippen molar-refractivity contribution in [2.75, 3.05) is 13.7 Å². The molecule has 1 aliphatic heterocycles. The second-order valence-corrected chi connectivity index (χ2v) is 5.69. The molecular weight excluding hydrogens is 274 g/mol. The fourth-order valence-electron chi connectivity index (χ4n) is 3.26. The molecule has 0 bridgehead atoms. The zero-order valence-electron chi connectivity index (χ0n) is 12.6. The third-order valence-electron chi connectivity index (χ3n) is 4.11. The van der Waals surface area contributed by atoms with Gasteiger partial charge in [0.05, 0.1) is 25.0 Å². The number of fused-ring (bicyclic) bond motifs is 1. The Labute approximate surface area is 123 Å². The molecule has 0 amide bonds. The summed E-state index contributed by atoms with van der Waals surface area (Å²) in [6.45, 7) is 4.28. The Morgan fingerprint density at radius 2 is 2.33 bits per heavy atom. The first kappa shape index (κ1) is 15.7. The number of esters is 1. The van der Waals surface area contributed by atoms with Crippen LogP contribution in [0.2, 0.25) is 0 Å². The first-order valence-corrected chi connectivity index (χ1v) is 7.18. The second kappa shape index (κ2) is 6.83. The van der Waals surface area contributed by atoms with Crippen LogP contribution in [0.25, 0.3) is 10.4 Å². The summed E-state index contributed by atoms with van der Waals surface area (Å²) in [6, 6.07) is 0. The van der Waals surface area contributed by atoms with Gasteiger partial charge in [0.1, 0.15) is 0 Å². The largest absolute Gasteiger partial charge is 0.472 e. The van der Waals surface area contributed by atoms with Gasteiger partial charge < -0.3 is 14.2 Å². The van der Waals surface area contributed by atoms with Crippen LogP contribution >= 0.6 is 0 Å². The normalized spacial score (nSPS) is 31.0. The maximum atomic E-state index is 11.9. The molecule has 0 N–H and O–H groups in total. The van der Waals surface area contributed by atoms with E-state index in [4.69, 9.17) is 19.7 Å². The van der Waals surface area contributed by atoms with E-state index in [9.17, 15) is 4.79 Å². The van der Waals surface area contributed by atoms with Crippen molar-refractivity contribution >= 4 is 5.97 Å². The van der Waals surface area contributed by atoms with Crippen LogP contribution in [0.4, 0.5) is 0 Å². The fourth-order valence-corrected chi connectivity index (χ4v) is 3.26. The summed E-state index contributed by atoms with van der Waals surface area (Å²) in [7, 11) is 1.36. The lowest BCUT2D eigenvalue weighted by molar-refractivity contribution is -0.184. The summed E-state index contributed by atoms with van der Waals surface area (Å²) >= 11 is 0. The van der Waals surface area contributed by atoms with Crippen molar-refractivity contribution in [2.24, 2.45) is 22.9 Å². The van der Waals surface area contributed by atoms with Crippen LogP contribution in [0.3, 0.4) is 0 Å². The number of rotatable bonds is 5. The van der Waals surface area contributed by atoms with E-state index < -0.39 is 6.29 Å². The van der Waals surface area contributed by atoms with Gasteiger partial charge >= 0.3 is 5.97 Å². The SMILES string of the molecule is COC(=O)C1=CO[C@@H](OC(C)C)C2C(CN=[N+]=[N-])CCC12. The molecule has 0 saturated heterocycles. The zero-order valence-corrected chi connectivity index (χ0v) is 12.6. The summed E-state index contributed by atoms with van der Waals surface area (Å²) < 4.78 is 16.3. The Kier molecular flexibility index (Phi) is 5.09. The van der Waals surface area contributed by atoms with Gasteiger partial charge in [-0.2, -0.15) is 0 Å². The first-order valence-electron chi connectivity index (χ1n) is 7.18. The third-order valence-corrected chi connectivity index (χ3v) is 4.11. The number of azide groups is 1. The van der Waals surface area contributed by atoms with Crippen molar-refractivity contribution in [3.8, 4) is 0 Å². The molecule has 3 unspecified atom stereocenters. The molecule has 1 heterocycles. The minimum Gasteiger partial charge on any atom is -0.472 e. The van der Waals surface area contributed by atoms with Gasteiger partial charge in [-0.3, -0.25) is 0 Å². The van der Waals surface area contributed by atoms with E-state index in [0.717, 1.165) is 12.8 Å². The van der Waals surface area contributed by atoms with Crippen LogP contribution in [0.5, 0.6) is 0 Å². The van der Waals surface area contributed by atoms with Crippen molar-refractivity contribution < 1.29 is 19.0 Å². The number of nitrogens with zero attached hydrogens (tertiary/aromatic N) is 3. The molecule has 0 radical (unpaired) electrons. The standard InChI is InChI=1S/C14H21N3O4/c1-8(2)21-14-12-9(6-16-17-15)4-5-10(12)11(7-20-14)13(18)19-3/h7-10,12,14H,4-6H2,1-3H3/t9?,10?,12?,14-/m0/s1. The van der Waals surface area contributed by atoms with E-state index in [0.29, 0.717) is 12.1 Å². The predicted molar refractivity (Wildman–Crippen MR) is 74.9 cm³/mol. The lowest BCUT2D eigenvalue weighted by Crippen LogP contribution is -2.40. The summed E-state index contributed by atoms with van der Waals surface area (Å²) in [4.78, 5) is 14.7. The molecule has 7 nitrogen and oxygen atoms in total. The van der Waals surface area contributed by atoms with Crippen LogP contribution in [-0.4, -0.2) is 32.0 Å². The van der Waals surface area contributed by atoms with E-state index >= 15 is 0 Å². The number of hydrogen-bond acceptors (Lipinski definition) is 5. The topological polar surface area (TPSA) is 93.5 Å². The average molecular weight is 295 g/mol. The summed E-state index contributed by atoms with van der Waals surface area (Å²) in [5.74, 6) is -0.161. The van der Waals surface area contributed by atoms with Crippen molar-refractivity contribution in [3.63, 3.8) is 0 Å². The van der Waals surface area contributed by atoms with Crippen molar-refractivity contribution in [2.45, 2.75) is 39.1 Å². The Morgan fingerprint density at radius 1 is 1.57 bits per heavy atom. The molecule has 116 valence electrons. The van der Waals surface area contributed by atoms with Gasteiger partial charge in [-0.25, -0.2) is 4.79 Å². The molecule has 4 atom stereocenters. The summed E-state index contributed by atoms with van der Waals surface area (Å²) in [6.07, 6.45) is 2.80. The van der Waals surface area contributed by atoms with Gasteiger partial charge in [0.2, 0.25) is 6.29 Å². The van der Waals surface area contributed by atoms with Crippen molar-refractivity contribution in [1.29, 1.82) is 0 Å². The molecule has 7 heteroatoms. The predicted octanol–water partition coefficient (Wildman–Crippen LogP) is 2.78. The fraction of sp³-hybridized carbons (Fsp3) is 0.786. The molecule has 21 heavy (non-hydrogen) atoms. The van der Waals surface area contributed by atoms with E-state index in [1.807, 2.05) is 13.8 Å². The van der Waals surface area contributed by atoms with E-state index in [2.05, 4.69) is 10.0 Å². The number of methoxy groups -OCH3 is 1. The minimum atomic E-state index is -0.412. The van der Waals surface area contributed by atoms with E-state index in [-0.39, 0.29) is 29.8 Å². The average Bonchev–Trinajstić information content (AvgIpc) is 2.88. The molecule has 2 rings (SSSR count). The number of carbonyl (C=O) groups excluding carboxylic acids is 1. The molecule has 2 aliphatic rings. The van der Waals surface area contributed by atoms with Gasteiger partial charge in [0.15, 0.2) is 0 Å². The van der Waals surface area contributed by atoms with E-state index in [1.54, 1.807) is 0 Å². The van der Waals surface area contributed by atoms with Gasteiger partial charge in [0.25, 0.3) is 0 Å². The molecule has 1 fully saturated rings. The van der Waals surface area contributed by atoms with Crippen LogP contribution < -0.4 is 0 Å². The number of carbonyl (C=O) groups is 1.